The van der Waals surface area contributed by atoms with Gasteiger partial charge in [-0.15, -0.1) is 6.42 Å². The number of anilines is 1. The molecule has 0 spiro atoms. The van der Waals surface area contributed by atoms with Crippen LogP contribution in [0.2, 0.25) is 0 Å². The number of fused-ring (bicyclic) bond motifs is 2. The number of ether oxygens (including phenoxy) is 2. The van der Waals surface area contributed by atoms with Crippen LogP contribution in [0, 0.1) is 36.3 Å². The predicted molar refractivity (Wildman–Crippen MR) is 171 cm³/mol. The van der Waals surface area contributed by atoms with Crippen molar-refractivity contribution in [2.45, 2.75) is 45.1 Å². The maximum atomic E-state index is 16.9. The molecule has 240 valence electrons. The number of morpholine rings is 1. The number of halogens is 2. The molecule has 1 saturated carbocycles. The number of terminal acetylenes is 1. The van der Waals surface area contributed by atoms with Crippen molar-refractivity contribution >= 4 is 27.5 Å². The highest BCUT2D eigenvalue weighted by molar-refractivity contribution is 6.03. The number of rotatable bonds is 7. The third-order valence-corrected chi connectivity index (χ3v) is 9.48. The van der Waals surface area contributed by atoms with Gasteiger partial charge in [-0.2, -0.15) is 9.97 Å². The van der Waals surface area contributed by atoms with Gasteiger partial charge in [0.2, 0.25) is 0 Å². The Morgan fingerprint density at radius 3 is 2.57 bits per heavy atom. The number of phenols is 1. The number of nitrogens with zero attached hydrogens (tertiary/aromatic N) is 5. The largest absolute Gasteiger partial charge is 0.508 e. The zero-order chi connectivity index (χ0) is 32.2. The van der Waals surface area contributed by atoms with Crippen molar-refractivity contribution in [1.29, 1.82) is 0 Å². The fraction of sp³-hybridized carbons (Fsp3) is 0.457. The Bertz CT molecular complexity index is 1880. The standard InChI is InChI=1S/C35H37F2N5O4/c1-4-24-26(36)7-6-22-16-23(43)17-25(28(22)24)30-29(37)31-27(21(2)38-30)32(42-11-5-8-34(3,44)18-42)40-33(39-31)46-20-35(9-10-35)19-41-12-14-45-15-13-41/h1,6-7,16-17,43-44H,5,8-15,18-20H2,2-3H3. The Kier molecular flexibility index (Phi) is 7.70. The van der Waals surface area contributed by atoms with Crippen LogP contribution in [0.15, 0.2) is 24.3 Å². The van der Waals surface area contributed by atoms with Crippen molar-refractivity contribution in [1.82, 2.24) is 19.9 Å². The molecular weight excluding hydrogens is 592 g/mol. The summed E-state index contributed by atoms with van der Waals surface area (Å²) in [6, 6.07) is 5.53. The minimum absolute atomic E-state index is 0.0131. The SMILES string of the molecule is C#Cc1c(F)ccc2cc(O)cc(-c3nc(C)c4c(N5CCCC(C)(O)C5)nc(OCC5(CN6CCOCC6)CC5)nc4c3F)c12. The van der Waals surface area contributed by atoms with Crippen molar-refractivity contribution in [2.24, 2.45) is 5.41 Å². The van der Waals surface area contributed by atoms with Gasteiger partial charge in [-0.05, 0) is 63.1 Å². The molecular formula is C35H37F2N5O4. The first-order chi connectivity index (χ1) is 22.1. The summed E-state index contributed by atoms with van der Waals surface area (Å²) in [4.78, 5) is 18.4. The van der Waals surface area contributed by atoms with Gasteiger partial charge in [0.25, 0.3) is 0 Å². The van der Waals surface area contributed by atoms with Crippen molar-refractivity contribution in [2.75, 3.05) is 57.4 Å². The average Bonchev–Trinajstić information content (AvgIpc) is 3.80. The number of hydrogen-bond acceptors (Lipinski definition) is 9. The highest BCUT2D eigenvalue weighted by Crippen LogP contribution is 2.47. The van der Waals surface area contributed by atoms with Crippen LogP contribution < -0.4 is 9.64 Å². The van der Waals surface area contributed by atoms with Crippen molar-refractivity contribution in [3.05, 3.63) is 47.2 Å². The van der Waals surface area contributed by atoms with Crippen LogP contribution in [0.4, 0.5) is 14.6 Å². The Labute approximate surface area is 266 Å². The third kappa shape index (κ3) is 5.70. The summed E-state index contributed by atoms with van der Waals surface area (Å²) in [6.45, 7) is 8.86. The minimum atomic E-state index is -0.956. The molecule has 2 saturated heterocycles. The van der Waals surface area contributed by atoms with Gasteiger partial charge in [0.15, 0.2) is 5.82 Å². The fourth-order valence-corrected chi connectivity index (χ4v) is 6.91. The second-order valence-corrected chi connectivity index (χ2v) is 13.3. The van der Waals surface area contributed by atoms with E-state index in [9.17, 15) is 14.6 Å². The molecule has 0 amide bonds. The number of β-amino-alcohol motifs (C(OH)–C–C–N with tert-alkyl or cyclic N) is 1. The summed E-state index contributed by atoms with van der Waals surface area (Å²) in [7, 11) is 0. The molecule has 9 nitrogen and oxygen atoms in total. The molecule has 4 heterocycles. The van der Waals surface area contributed by atoms with Crippen LogP contribution in [0.25, 0.3) is 32.9 Å². The molecule has 2 aromatic heterocycles. The van der Waals surface area contributed by atoms with Crippen LogP contribution >= 0.6 is 0 Å². The zero-order valence-electron chi connectivity index (χ0n) is 26.1. The second kappa shape index (κ2) is 11.6. The normalized spacial score (nSPS) is 21.4. The van der Waals surface area contributed by atoms with Crippen molar-refractivity contribution < 1.29 is 28.5 Å². The van der Waals surface area contributed by atoms with Gasteiger partial charge in [-0.25, -0.2) is 13.8 Å². The van der Waals surface area contributed by atoms with Crippen LogP contribution in [0.3, 0.4) is 0 Å². The topological polar surface area (TPSA) is 104 Å². The van der Waals surface area contributed by atoms with Gasteiger partial charge in [-0.3, -0.25) is 4.90 Å². The van der Waals surface area contributed by atoms with E-state index in [1.54, 1.807) is 13.8 Å². The Balaban J connectivity index is 1.36. The van der Waals surface area contributed by atoms with E-state index in [1.807, 2.05) is 4.90 Å². The first-order valence-corrected chi connectivity index (χ1v) is 15.8. The number of aromatic hydroxyl groups is 1. The van der Waals surface area contributed by atoms with Gasteiger partial charge in [-0.1, -0.05) is 12.0 Å². The molecule has 3 fully saturated rings. The summed E-state index contributed by atoms with van der Waals surface area (Å²) < 4.78 is 43.5. The molecule has 1 unspecified atom stereocenters. The average molecular weight is 630 g/mol. The number of phenolic OH excluding ortho intramolecular Hbond substituents is 1. The third-order valence-electron chi connectivity index (χ3n) is 9.48. The Morgan fingerprint density at radius 2 is 1.85 bits per heavy atom. The molecule has 2 aromatic carbocycles. The first-order valence-electron chi connectivity index (χ1n) is 15.8. The van der Waals surface area contributed by atoms with Crippen LogP contribution in [0.5, 0.6) is 11.8 Å². The van der Waals surface area contributed by atoms with E-state index in [2.05, 4.69) is 20.8 Å². The quantitative estimate of drug-likeness (QED) is 0.275. The molecule has 3 aliphatic rings. The van der Waals surface area contributed by atoms with E-state index < -0.39 is 17.2 Å². The Morgan fingerprint density at radius 1 is 1.07 bits per heavy atom. The highest BCUT2D eigenvalue weighted by atomic mass is 19.1. The van der Waals surface area contributed by atoms with Gasteiger partial charge < -0.3 is 24.6 Å². The van der Waals surface area contributed by atoms with Crippen LogP contribution in [-0.4, -0.2) is 88.2 Å². The summed E-state index contributed by atoms with van der Waals surface area (Å²) in [5.74, 6) is 1.26. The molecule has 46 heavy (non-hydrogen) atoms. The smallest absolute Gasteiger partial charge is 0.319 e. The number of benzene rings is 2. The summed E-state index contributed by atoms with van der Waals surface area (Å²) in [5, 5.41) is 22.6. The number of aromatic nitrogens is 3. The van der Waals surface area contributed by atoms with E-state index in [1.165, 1.54) is 24.3 Å². The summed E-state index contributed by atoms with van der Waals surface area (Å²) in [5.41, 5.74) is -0.595. The summed E-state index contributed by atoms with van der Waals surface area (Å²) >= 11 is 0. The maximum Gasteiger partial charge on any atom is 0.319 e. The predicted octanol–water partition coefficient (Wildman–Crippen LogP) is 4.96. The molecule has 0 radical (unpaired) electrons. The monoisotopic (exact) mass is 629 g/mol. The number of piperidine rings is 1. The first kappa shape index (κ1) is 30.5. The zero-order valence-corrected chi connectivity index (χ0v) is 26.1. The minimum Gasteiger partial charge on any atom is -0.508 e. The van der Waals surface area contributed by atoms with Crippen molar-refractivity contribution in [3.8, 4) is 35.4 Å². The molecule has 1 aliphatic carbocycles. The lowest BCUT2D eigenvalue weighted by molar-refractivity contribution is 0.0231. The van der Waals surface area contributed by atoms with Crippen LogP contribution in [-0.2, 0) is 4.74 Å². The number of aryl methyl sites for hydroxylation is 1. The van der Waals surface area contributed by atoms with Gasteiger partial charge in [0.1, 0.15) is 28.6 Å². The summed E-state index contributed by atoms with van der Waals surface area (Å²) in [6.07, 6.45) is 9.08. The van der Waals surface area contributed by atoms with Gasteiger partial charge in [0.05, 0.1) is 42.1 Å². The lowest BCUT2D eigenvalue weighted by Gasteiger charge is -2.38. The molecule has 0 bridgehead atoms. The molecule has 7 rings (SSSR count). The van der Waals surface area contributed by atoms with E-state index >= 15 is 4.39 Å². The molecule has 2 aliphatic heterocycles. The van der Waals surface area contributed by atoms with Crippen LogP contribution in [0.1, 0.15) is 43.9 Å². The van der Waals surface area contributed by atoms with Gasteiger partial charge >= 0.3 is 6.01 Å². The van der Waals surface area contributed by atoms with E-state index in [-0.39, 0.29) is 44.9 Å². The van der Waals surface area contributed by atoms with E-state index in [0.29, 0.717) is 61.6 Å². The lowest BCUT2D eigenvalue weighted by atomic mass is 9.94. The number of hydrogen-bond donors (Lipinski definition) is 2. The van der Waals surface area contributed by atoms with E-state index in [4.69, 9.17) is 20.9 Å². The molecule has 11 heteroatoms. The molecule has 4 aromatic rings. The molecule has 1 atom stereocenters. The fourth-order valence-electron chi connectivity index (χ4n) is 6.91. The lowest BCUT2D eigenvalue weighted by Crippen LogP contribution is -2.46. The molecule has 2 N–H and O–H groups in total. The second-order valence-electron chi connectivity index (χ2n) is 13.3. The van der Waals surface area contributed by atoms with Gasteiger partial charge in [0, 0.05) is 49.1 Å². The highest BCUT2D eigenvalue weighted by Gasteiger charge is 2.45. The van der Waals surface area contributed by atoms with E-state index in [0.717, 1.165) is 38.9 Å². The Hall–Kier alpha value is -4.11. The van der Waals surface area contributed by atoms with Crippen molar-refractivity contribution in [3.63, 3.8) is 0 Å². The number of aliphatic hydroxyl groups is 1. The number of pyridine rings is 1. The maximum absolute atomic E-state index is 16.9.